The van der Waals surface area contributed by atoms with E-state index in [9.17, 15) is 9.18 Å². The van der Waals surface area contributed by atoms with Crippen LogP contribution in [0.25, 0.3) is 0 Å². The molecule has 1 amide bonds. The Morgan fingerprint density at radius 2 is 1.71 bits per heavy atom. The molecule has 1 N–H and O–H groups in total. The highest BCUT2D eigenvalue weighted by molar-refractivity contribution is 5.89. The predicted octanol–water partition coefficient (Wildman–Crippen LogP) is 3.56. The summed E-state index contributed by atoms with van der Waals surface area (Å²) in [6, 6.07) is 16.4. The second-order valence-corrected chi connectivity index (χ2v) is 5.58. The van der Waals surface area contributed by atoms with Crippen molar-refractivity contribution in [3.8, 4) is 0 Å². The molecular formula is C18H18FNO. The number of benzene rings is 2. The van der Waals surface area contributed by atoms with Crippen molar-refractivity contribution in [1.29, 1.82) is 0 Å². The van der Waals surface area contributed by atoms with Crippen molar-refractivity contribution in [3.05, 3.63) is 71.5 Å². The van der Waals surface area contributed by atoms with E-state index in [0.29, 0.717) is 5.56 Å². The molecule has 1 fully saturated rings. The fourth-order valence-electron chi connectivity index (χ4n) is 2.92. The van der Waals surface area contributed by atoms with Crippen LogP contribution in [0.3, 0.4) is 0 Å². The molecule has 0 aromatic heterocycles. The Balaban J connectivity index is 1.74. The summed E-state index contributed by atoms with van der Waals surface area (Å²) in [5, 5.41) is 2.90. The van der Waals surface area contributed by atoms with Gasteiger partial charge < -0.3 is 5.32 Å². The Morgan fingerprint density at radius 3 is 2.33 bits per heavy atom. The van der Waals surface area contributed by atoms with Crippen LogP contribution in [-0.4, -0.2) is 5.91 Å². The van der Waals surface area contributed by atoms with Gasteiger partial charge in [0.25, 0.3) is 0 Å². The van der Waals surface area contributed by atoms with Crippen molar-refractivity contribution in [2.75, 3.05) is 0 Å². The van der Waals surface area contributed by atoms with Gasteiger partial charge in [0.05, 0.1) is 5.41 Å². The quantitative estimate of drug-likeness (QED) is 0.913. The van der Waals surface area contributed by atoms with E-state index in [0.717, 1.165) is 24.8 Å². The normalized spacial score (nSPS) is 16.0. The smallest absolute Gasteiger partial charge is 0.230 e. The molecule has 0 aliphatic heterocycles. The van der Waals surface area contributed by atoms with E-state index in [4.69, 9.17) is 0 Å². The molecule has 3 heteroatoms. The summed E-state index contributed by atoms with van der Waals surface area (Å²) in [7, 11) is 0. The summed E-state index contributed by atoms with van der Waals surface area (Å²) in [6.07, 6.45) is 2.78. The number of nitrogens with one attached hydrogen (secondary N) is 1. The predicted molar refractivity (Wildman–Crippen MR) is 80.2 cm³/mol. The number of carbonyl (C=O) groups excluding carboxylic acids is 1. The first kappa shape index (κ1) is 13.8. The van der Waals surface area contributed by atoms with Crippen LogP contribution in [0.1, 0.15) is 30.4 Å². The molecule has 0 atom stereocenters. The highest BCUT2D eigenvalue weighted by Gasteiger charge is 2.45. The van der Waals surface area contributed by atoms with Gasteiger partial charge in [0, 0.05) is 12.1 Å². The Morgan fingerprint density at radius 1 is 1.05 bits per heavy atom. The molecule has 3 rings (SSSR count). The highest BCUT2D eigenvalue weighted by Crippen LogP contribution is 2.43. The van der Waals surface area contributed by atoms with E-state index in [-0.39, 0.29) is 18.3 Å². The van der Waals surface area contributed by atoms with Crippen LogP contribution < -0.4 is 5.32 Å². The summed E-state index contributed by atoms with van der Waals surface area (Å²) in [6.45, 7) is 0.236. The first-order chi connectivity index (χ1) is 10.2. The van der Waals surface area contributed by atoms with Crippen molar-refractivity contribution in [2.45, 2.75) is 31.2 Å². The molecule has 2 nitrogen and oxygen atoms in total. The number of hydrogen-bond acceptors (Lipinski definition) is 1. The standard InChI is InChI=1S/C18H18FNO/c19-16-10-5-4-7-14(16)13-20-17(21)18(11-6-12-18)15-8-2-1-3-9-15/h1-5,7-10H,6,11-13H2,(H,20,21). The fourth-order valence-corrected chi connectivity index (χ4v) is 2.92. The van der Waals surface area contributed by atoms with Gasteiger partial charge in [0.15, 0.2) is 0 Å². The van der Waals surface area contributed by atoms with E-state index in [2.05, 4.69) is 5.32 Å². The maximum absolute atomic E-state index is 13.6. The number of halogens is 1. The molecule has 1 aliphatic rings. The third-order valence-electron chi connectivity index (χ3n) is 4.37. The van der Waals surface area contributed by atoms with Gasteiger partial charge in [0.1, 0.15) is 5.82 Å². The molecule has 1 saturated carbocycles. The summed E-state index contributed by atoms with van der Waals surface area (Å²) in [5.74, 6) is -0.275. The lowest BCUT2D eigenvalue weighted by atomic mass is 9.64. The molecular weight excluding hydrogens is 265 g/mol. The average Bonchev–Trinajstić information content (AvgIpc) is 2.46. The lowest BCUT2D eigenvalue weighted by molar-refractivity contribution is -0.130. The zero-order valence-electron chi connectivity index (χ0n) is 11.8. The average molecular weight is 283 g/mol. The molecule has 0 bridgehead atoms. The molecule has 21 heavy (non-hydrogen) atoms. The van der Waals surface area contributed by atoms with Gasteiger partial charge in [-0.05, 0) is 24.5 Å². The summed E-state index contributed by atoms with van der Waals surface area (Å²) in [5.41, 5.74) is 1.16. The second kappa shape index (κ2) is 5.68. The molecule has 2 aromatic carbocycles. The van der Waals surface area contributed by atoms with Crippen molar-refractivity contribution < 1.29 is 9.18 Å². The lowest BCUT2D eigenvalue weighted by Crippen LogP contribution is -2.49. The Kier molecular flexibility index (Phi) is 3.74. The van der Waals surface area contributed by atoms with Gasteiger partial charge in [-0.3, -0.25) is 4.79 Å². The van der Waals surface area contributed by atoms with Crippen LogP contribution in [0.5, 0.6) is 0 Å². The summed E-state index contributed by atoms with van der Waals surface area (Å²) >= 11 is 0. The van der Waals surface area contributed by atoms with Gasteiger partial charge in [-0.15, -0.1) is 0 Å². The Labute approximate surface area is 124 Å². The third kappa shape index (κ3) is 2.56. The van der Waals surface area contributed by atoms with Crippen molar-refractivity contribution in [3.63, 3.8) is 0 Å². The number of hydrogen-bond donors (Lipinski definition) is 1. The maximum Gasteiger partial charge on any atom is 0.230 e. The van der Waals surface area contributed by atoms with Crippen LogP contribution in [0.15, 0.2) is 54.6 Å². The van der Waals surface area contributed by atoms with Crippen LogP contribution >= 0.6 is 0 Å². The van der Waals surface area contributed by atoms with Crippen molar-refractivity contribution in [1.82, 2.24) is 5.32 Å². The minimum absolute atomic E-state index is 0.00297. The van der Waals surface area contributed by atoms with Crippen LogP contribution in [0, 0.1) is 5.82 Å². The molecule has 0 saturated heterocycles. The third-order valence-corrected chi connectivity index (χ3v) is 4.37. The van der Waals surface area contributed by atoms with Gasteiger partial charge in [-0.1, -0.05) is 55.0 Å². The molecule has 1 aliphatic carbocycles. The highest BCUT2D eigenvalue weighted by atomic mass is 19.1. The van der Waals surface area contributed by atoms with Crippen molar-refractivity contribution in [2.24, 2.45) is 0 Å². The molecule has 0 unspecified atom stereocenters. The summed E-state index contributed by atoms with van der Waals surface area (Å²) < 4.78 is 13.6. The fraction of sp³-hybridized carbons (Fsp3) is 0.278. The first-order valence-corrected chi connectivity index (χ1v) is 7.30. The van der Waals surface area contributed by atoms with Crippen LogP contribution in [0.4, 0.5) is 4.39 Å². The van der Waals surface area contributed by atoms with Gasteiger partial charge >= 0.3 is 0 Å². The zero-order chi connectivity index (χ0) is 14.7. The zero-order valence-corrected chi connectivity index (χ0v) is 11.8. The maximum atomic E-state index is 13.6. The van der Waals surface area contributed by atoms with E-state index >= 15 is 0 Å². The topological polar surface area (TPSA) is 29.1 Å². The number of carbonyl (C=O) groups is 1. The second-order valence-electron chi connectivity index (χ2n) is 5.58. The lowest BCUT2D eigenvalue weighted by Gasteiger charge is -2.40. The van der Waals surface area contributed by atoms with Gasteiger partial charge in [0.2, 0.25) is 5.91 Å². The van der Waals surface area contributed by atoms with Crippen LogP contribution in [-0.2, 0) is 16.8 Å². The van der Waals surface area contributed by atoms with Gasteiger partial charge in [-0.2, -0.15) is 0 Å². The van der Waals surface area contributed by atoms with Gasteiger partial charge in [-0.25, -0.2) is 4.39 Å². The Hall–Kier alpha value is -2.16. The molecule has 0 heterocycles. The molecule has 2 aromatic rings. The van der Waals surface area contributed by atoms with E-state index < -0.39 is 5.41 Å². The minimum atomic E-state index is -0.424. The minimum Gasteiger partial charge on any atom is -0.351 e. The number of amides is 1. The first-order valence-electron chi connectivity index (χ1n) is 7.30. The summed E-state index contributed by atoms with van der Waals surface area (Å²) in [4.78, 5) is 12.6. The largest absolute Gasteiger partial charge is 0.351 e. The van der Waals surface area contributed by atoms with E-state index in [1.54, 1.807) is 18.2 Å². The van der Waals surface area contributed by atoms with Crippen molar-refractivity contribution >= 4 is 5.91 Å². The number of rotatable bonds is 4. The molecule has 0 spiro atoms. The monoisotopic (exact) mass is 283 g/mol. The van der Waals surface area contributed by atoms with E-state index in [1.807, 2.05) is 30.3 Å². The SMILES string of the molecule is O=C(NCc1ccccc1F)C1(c2ccccc2)CCC1. The molecule has 108 valence electrons. The molecule has 0 radical (unpaired) electrons. The van der Waals surface area contributed by atoms with E-state index in [1.165, 1.54) is 6.07 Å². The Bertz CT molecular complexity index is 635. The van der Waals surface area contributed by atoms with Crippen LogP contribution in [0.2, 0.25) is 0 Å².